The topological polar surface area (TPSA) is 50.9 Å². The van der Waals surface area contributed by atoms with Crippen molar-refractivity contribution in [1.82, 2.24) is 4.98 Å². The lowest BCUT2D eigenvalue weighted by Gasteiger charge is -2.17. The van der Waals surface area contributed by atoms with Crippen molar-refractivity contribution in [2.24, 2.45) is 11.3 Å². The van der Waals surface area contributed by atoms with Crippen molar-refractivity contribution >= 4 is 22.3 Å². The van der Waals surface area contributed by atoms with Crippen LogP contribution in [0.4, 0.5) is 11.4 Å². The summed E-state index contributed by atoms with van der Waals surface area (Å²) in [6.07, 6.45) is 7.49. The lowest BCUT2D eigenvalue weighted by atomic mass is 10.0. The molecule has 2 aliphatic rings. The highest BCUT2D eigenvalue weighted by atomic mass is 14.9. The van der Waals surface area contributed by atoms with E-state index in [0.29, 0.717) is 5.41 Å². The average molecular weight is 253 g/mol. The van der Waals surface area contributed by atoms with E-state index in [4.69, 9.17) is 5.73 Å². The minimum Gasteiger partial charge on any atom is -0.398 e. The molecular formula is C16H19N3. The van der Waals surface area contributed by atoms with Crippen molar-refractivity contribution in [3.63, 3.8) is 0 Å². The molecule has 1 aromatic carbocycles. The molecule has 3 nitrogen and oxygen atoms in total. The van der Waals surface area contributed by atoms with Gasteiger partial charge in [-0.3, -0.25) is 4.98 Å². The molecule has 2 saturated carbocycles. The van der Waals surface area contributed by atoms with Gasteiger partial charge < -0.3 is 11.1 Å². The molecule has 1 heterocycles. The molecule has 0 amide bonds. The van der Waals surface area contributed by atoms with E-state index in [1.54, 1.807) is 0 Å². The maximum atomic E-state index is 6.01. The van der Waals surface area contributed by atoms with Crippen molar-refractivity contribution in [3.8, 4) is 0 Å². The van der Waals surface area contributed by atoms with Gasteiger partial charge >= 0.3 is 0 Å². The Morgan fingerprint density at radius 3 is 2.84 bits per heavy atom. The maximum absolute atomic E-state index is 6.01. The van der Waals surface area contributed by atoms with Crippen LogP contribution in [0.15, 0.2) is 30.5 Å². The monoisotopic (exact) mass is 253 g/mol. The Kier molecular flexibility index (Phi) is 2.25. The maximum Gasteiger partial charge on any atom is 0.0953 e. The van der Waals surface area contributed by atoms with E-state index < -0.39 is 0 Å². The minimum absolute atomic E-state index is 0.600. The molecule has 2 aromatic rings. The third kappa shape index (κ3) is 1.84. The van der Waals surface area contributed by atoms with Crippen LogP contribution in [-0.2, 0) is 0 Å². The molecule has 0 saturated heterocycles. The molecule has 2 aliphatic carbocycles. The molecule has 3 N–H and O–H groups in total. The number of aromatic nitrogens is 1. The molecule has 2 fully saturated rings. The first kappa shape index (κ1) is 11.1. The van der Waals surface area contributed by atoms with Crippen molar-refractivity contribution in [2.45, 2.75) is 25.7 Å². The Balaban J connectivity index is 1.62. The Morgan fingerprint density at radius 2 is 2.11 bits per heavy atom. The Labute approximate surface area is 113 Å². The van der Waals surface area contributed by atoms with Crippen LogP contribution < -0.4 is 11.1 Å². The summed E-state index contributed by atoms with van der Waals surface area (Å²) in [5.41, 5.74) is 9.53. The highest BCUT2D eigenvalue weighted by Crippen LogP contribution is 2.61. The largest absolute Gasteiger partial charge is 0.398 e. The molecule has 0 aliphatic heterocycles. The predicted octanol–water partition coefficient (Wildman–Crippen LogP) is 3.42. The van der Waals surface area contributed by atoms with Crippen LogP contribution in [0, 0.1) is 11.3 Å². The number of hydrogen-bond acceptors (Lipinski definition) is 3. The molecule has 19 heavy (non-hydrogen) atoms. The first-order chi connectivity index (χ1) is 9.28. The van der Waals surface area contributed by atoms with Gasteiger partial charge in [-0.25, -0.2) is 0 Å². The van der Waals surface area contributed by atoms with E-state index in [0.717, 1.165) is 34.7 Å². The second-order valence-corrected chi connectivity index (χ2v) is 6.09. The van der Waals surface area contributed by atoms with Crippen LogP contribution >= 0.6 is 0 Å². The van der Waals surface area contributed by atoms with Gasteiger partial charge in [-0.15, -0.1) is 0 Å². The summed E-state index contributed by atoms with van der Waals surface area (Å²) in [4.78, 5) is 4.48. The fourth-order valence-electron chi connectivity index (χ4n) is 3.19. The quantitative estimate of drug-likeness (QED) is 0.821. The van der Waals surface area contributed by atoms with E-state index in [2.05, 4.69) is 16.4 Å². The summed E-state index contributed by atoms with van der Waals surface area (Å²) in [6, 6.07) is 8.02. The summed E-state index contributed by atoms with van der Waals surface area (Å²) >= 11 is 0. The summed E-state index contributed by atoms with van der Waals surface area (Å²) in [6.45, 7) is 1.09. The van der Waals surface area contributed by atoms with E-state index in [1.807, 2.05) is 24.4 Å². The van der Waals surface area contributed by atoms with E-state index in [9.17, 15) is 0 Å². The molecule has 0 radical (unpaired) electrons. The SMILES string of the molecule is Nc1ccc(NCC2(C3CC3)CC2)c2ncccc12. The van der Waals surface area contributed by atoms with Crippen LogP contribution in [0.2, 0.25) is 0 Å². The van der Waals surface area contributed by atoms with E-state index in [1.165, 1.54) is 25.7 Å². The number of nitrogen functional groups attached to an aromatic ring is 1. The molecular weight excluding hydrogens is 234 g/mol. The van der Waals surface area contributed by atoms with Crippen LogP contribution in [0.3, 0.4) is 0 Å². The molecule has 0 unspecified atom stereocenters. The van der Waals surface area contributed by atoms with Crippen molar-refractivity contribution in [1.29, 1.82) is 0 Å². The van der Waals surface area contributed by atoms with Crippen LogP contribution in [0.25, 0.3) is 10.9 Å². The molecule has 0 spiro atoms. The third-order valence-electron chi connectivity index (χ3n) is 4.77. The van der Waals surface area contributed by atoms with Crippen LogP contribution in [0.5, 0.6) is 0 Å². The Morgan fingerprint density at radius 1 is 1.26 bits per heavy atom. The number of nitrogens with one attached hydrogen (secondary N) is 1. The molecule has 0 atom stereocenters. The summed E-state index contributed by atoms with van der Waals surface area (Å²) < 4.78 is 0. The lowest BCUT2D eigenvalue weighted by Crippen LogP contribution is -2.17. The normalized spacial score (nSPS) is 20.4. The Hall–Kier alpha value is -1.77. The first-order valence-electron chi connectivity index (χ1n) is 7.16. The van der Waals surface area contributed by atoms with Gasteiger partial charge in [0.05, 0.1) is 11.2 Å². The van der Waals surface area contributed by atoms with Gasteiger partial charge in [-0.1, -0.05) is 0 Å². The molecule has 3 heteroatoms. The summed E-state index contributed by atoms with van der Waals surface area (Å²) in [5.74, 6) is 0.980. The van der Waals surface area contributed by atoms with Crippen LogP contribution in [0.1, 0.15) is 25.7 Å². The second-order valence-electron chi connectivity index (χ2n) is 6.09. The van der Waals surface area contributed by atoms with Gasteiger partial charge in [0.1, 0.15) is 0 Å². The number of rotatable bonds is 4. The number of nitrogens with zero attached hydrogens (tertiary/aromatic N) is 1. The number of nitrogens with two attached hydrogens (primary N) is 1. The highest BCUT2D eigenvalue weighted by molar-refractivity contribution is 5.98. The predicted molar refractivity (Wildman–Crippen MR) is 79.0 cm³/mol. The average Bonchev–Trinajstić information content (AvgIpc) is 3.30. The van der Waals surface area contributed by atoms with Gasteiger partial charge in [0.2, 0.25) is 0 Å². The number of benzene rings is 1. The van der Waals surface area contributed by atoms with E-state index in [-0.39, 0.29) is 0 Å². The van der Waals surface area contributed by atoms with Gasteiger partial charge in [-0.2, -0.15) is 0 Å². The number of pyridine rings is 1. The smallest absolute Gasteiger partial charge is 0.0953 e. The van der Waals surface area contributed by atoms with Crippen LogP contribution in [-0.4, -0.2) is 11.5 Å². The standard InChI is InChI=1S/C16H19N3/c17-13-5-6-14(15-12(13)2-1-9-18-15)19-10-16(7-8-16)11-3-4-11/h1-2,5-6,9,11,19H,3-4,7-8,10,17H2. The van der Waals surface area contributed by atoms with Crippen molar-refractivity contribution in [3.05, 3.63) is 30.5 Å². The first-order valence-corrected chi connectivity index (χ1v) is 7.16. The molecule has 98 valence electrons. The van der Waals surface area contributed by atoms with Gasteiger partial charge in [0.15, 0.2) is 0 Å². The molecule has 1 aromatic heterocycles. The Bertz CT molecular complexity index is 627. The third-order valence-corrected chi connectivity index (χ3v) is 4.77. The van der Waals surface area contributed by atoms with Gasteiger partial charge in [-0.05, 0) is 61.3 Å². The molecule has 4 rings (SSSR count). The highest BCUT2D eigenvalue weighted by Gasteiger charge is 2.53. The van der Waals surface area contributed by atoms with Gasteiger partial charge in [0, 0.05) is 23.8 Å². The van der Waals surface area contributed by atoms with Crippen molar-refractivity contribution < 1.29 is 0 Å². The zero-order chi connectivity index (χ0) is 12.9. The number of hydrogen-bond donors (Lipinski definition) is 2. The van der Waals surface area contributed by atoms with Crippen molar-refractivity contribution in [2.75, 3.05) is 17.6 Å². The number of anilines is 2. The zero-order valence-electron chi connectivity index (χ0n) is 11.0. The lowest BCUT2D eigenvalue weighted by molar-refractivity contribution is 0.467. The minimum atomic E-state index is 0.600. The number of fused-ring (bicyclic) bond motifs is 1. The fourth-order valence-corrected chi connectivity index (χ4v) is 3.19. The second kappa shape index (κ2) is 3.86. The zero-order valence-corrected chi connectivity index (χ0v) is 11.0. The van der Waals surface area contributed by atoms with Gasteiger partial charge in [0.25, 0.3) is 0 Å². The van der Waals surface area contributed by atoms with E-state index >= 15 is 0 Å². The molecule has 0 bridgehead atoms. The fraction of sp³-hybridized carbons (Fsp3) is 0.438. The summed E-state index contributed by atoms with van der Waals surface area (Å²) in [7, 11) is 0. The summed E-state index contributed by atoms with van der Waals surface area (Å²) in [5, 5.41) is 4.67.